The van der Waals surface area contributed by atoms with Crippen molar-refractivity contribution in [3.63, 3.8) is 0 Å². The molecule has 0 saturated carbocycles. The minimum Gasteiger partial charge on any atom is -0.478 e. The van der Waals surface area contributed by atoms with E-state index >= 15 is 0 Å². The monoisotopic (exact) mass is 270 g/mol. The van der Waals surface area contributed by atoms with Gasteiger partial charge in [0.1, 0.15) is 0 Å². The van der Waals surface area contributed by atoms with Crippen LogP contribution in [-0.4, -0.2) is 18.1 Å². The minimum absolute atomic E-state index is 0.703. The fourth-order valence-electron chi connectivity index (χ4n) is 1.97. The van der Waals surface area contributed by atoms with Gasteiger partial charge in [0.2, 0.25) is 5.88 Å². The van der Waals surface area contributed by atoms with Crippen molar-refractivity contribution in [1.82, 2.24) is 10.3 Å². The maximum Gasteiger partial charge on any atom is 0.213 e. The lowest BCUT2D eigenvalue weighted by Gasteiger charge is -2.06. The van der Waals surface area contributed by atoms with Crippen LogP contribution in [0.5, 0.6) is 5.88 Å². The molecule has 0 aliphatic rings. The first kappa shape index (κ1) is 14.5. The number of nitrogens with zero attached hydrogens (tertiary/aromatic N) is 1. The molecule has 0 unspecified atom stereocenters. The zero-order chi connectivity index (χ0) is 14.0. The van der Waals surface area contributed by atoms with Crippen LogP contribution < -0.4 is 10.1 Å². The van der Waals surface area contributed by atoms with Gasteiger partial charge in [0.15, 0.2) is 0 Å². The Morgan fingerprint density at radius 3 is 2.60 bits per heavy atom. The largest absolute Gasteiger partial charge is 0.478 e. The van der Waals surface area contributed by atoms with Crippen molar-refractivity contribution < 1.29 is 4.74 Å². The molecular formula is C17H22N2O. The highest BCUT2D eigenvalue weighted by Crippen LogP contribution is 2.09. The third kappa shape index (κ3) is 5.02. The van der Waals surface area contributed by atoms with Gasteiger partial charge in [0.25, 0.3) is 0 Å². The summed E-state index contributed by atoms with van der Waals surface area (Å²) < 4.78 is 5.66. The summed E-state index contributed by atoms with van der Waals surface area (Å²) in [5, 5.41) is 3.27. The van der Waals surface area contributed by atoms with E-state index in [-0.39, 0.29) is 0 Å². The highest BCUT2D eigenvalue weighted by atomic mass is 16.5. The fourth-order valence-corrected chi connectivity index (χ4v) is 1.97. The van der Waals surface area contributed by atoms with E-state index in [4.69, 9.17) is 4.74 Å². The topological polar surface area (TPSA) is 34.1 Å². The fraction of sp³-hybridized carbons (Fsp3) is 0.353. The van der Waals surface area contributed by atoms with Crippen LogP contribution >= 0.6 is 0 Å². The molecule has 0 aliphatic carbocycles. The van der Waals surface area contributed by atoms with Gasteiger partial charge < -0.3 is 10.1 Å². The van der Waals surface area contributed by atoms with Gasteiger partial charge in [-0.05, 0) is 30.5 Å². The lowest BCUT2D eigenvalue weighted by Crippen LogP contribution is -2.11. The second kappa shape index (κ2) is 8.33. The Labute approximate surface area is 121 Å². The first-order valence-corrected chi connectivity index (χ1v) is 7.21. The Hall–Kier alpha value is -1.87. The normalized spacial score (nSPS) is 10.4. The molecule has 0 bridgehead atoms. The van der Waals surface area contributed by atoms with Gasteiger partial charge in [0.05, 0.1) is 6.61 Å². The van der Waals surface area contributed by atoms with E-state index in [1.54, 1.807) is 0 Å². The van der Waals surface area contributed by atoms with Gasteiger partial charge in [-0.25, -0.2) is 4.98 Å². The predicted molar refractivity (Wildman–Crippen MR) is 81.9 cm³/mol. The SMILES string of the molecule is CCNCc1ccc(OCCCc2ccccc2)nc1. The number of aryl methyl sites for hydroxylation is 1. The van der Waals surface area contributed by atoms with E-state index < -0.39 is 0 Å². The van der Waals surface area contributed by atoms with E-state index in [0.717, 1.165) is 25.9 Å². The molecule has 2 rings (SSSR count). The molecule has 2 aromatic rings. The number of aromatic nitrogens is 1. The zero-order valence-electron chi connectivity index (χ0n) is 12.0. The van der Waals surface area contributed by atoms with E-state index in [1.807, 2.05) is 18.3 Å². The first-order chi connectivity index (χ1) is 9.88. The number of benzene rings is 1. The molecule has 0 saturated heterocycles. The predicted octanol–water partition coefficient (Wildman–Crippen LogP) is 3.20. The summed E-state index contributed by atoms with van der Waals surface area (Å²) in [6, 6.07) is 14.5. The van der Waals surface area contributed by atoms with E-state index in [9.17, 15) is 0 Å². The molecule has 0 aliphatic heterocycles. The number of rotatable bonds is 8. The summed E-state index contributed by atoms with van der Waals surface area (Å²) >= 11 is 0. The molecule has 1 heterocycles. The smallest absolute Gasteiger partial charge is 0.213 e. The number of nitrogens with one attached hydrogen (secondary N) is 1. The van der Waals surface area contributed by atoms with Crippen LogP contribution in [0.25, 0.3) is 0 Å². The van der Waals surface area contributed by atoms with Crippen LogP contribution in [0.3, 0.4) is 0 Å². The highest BCUT2D eigenvalue weighted by Gasteiger charge is 1.98. The van der Waals surface area contributed by atoms with Gasteiger partial charge in [0, 0.05) is 18.8 Å². The third-order valence-electron chi connectivity index (χ3n) is 3.08. The zero-order valence-corrected chi connectivity index (χ0v) is 12.0. The van der Waals surface area contributed by atoms with Crippen LogP contribution in [0.4, 0.5) is 0 Å². The molecule has 0 radical (unpaired) electrons. The second-order valence-electron chi connectivity index (χ2n) is 4.72. The summed E-state index contributed by atoms with van der Waals surface area (Å²) in [5.74, 6) is 0.707. The maximum absolute atomic E-state index is 5.66. The average Bonchev–Trinajstić information content (AvgIpc) is 2.52. The molecule has 0 fully saturated rings. The maximum atomic E-state index is 5.66. The molecule has 106 valence electrons. The van der Waals surface area contributed by atoms with Gasteiger partial charge in [-0.1, -0.05) is 43.3 Å². The minimum atomic E-state index is 0.703. The van der Waals surface area contributed by atoms with Gasteiger partial charge in [-0.2, -0.15) is 0 Å². The molecule has 20 heavy (non-hydrogen) atoms. The molecule has 3 heteroatoms. The summed E-state index contributed by atoms with van der Waals surface area (Å²) in [6.07, 6.45) is 3.92. The number of hydrogen-bond donors (Lipinski definition) is 1. The molecule has 1 aromatic heterocycles. The number of pyridine rings is 1. The van der Waals surface area contributed by atoms with Crippen LogP contribution in [0, 0.1) is 0 Å². The molecule has 1 aromatic carbocycles. The first-order valence-electron chi connectivity index (χ1n) is 7.21. The van der Waals surface area contributed by atoms with Crippen LogP contribution in [0.15, 0.2) is 48.7 Å². The Kier molecular flexibility index (Phi) is 6.06. The van der Waals surface area contributed by atoms with Crippen molar-refractivity contribution in [2.24, 2.45) is 0 Å². The van der Waals surface area contributed by atoms with Crippen molar-refractivity contribution in [2.75, 3.05) is 13.2 Å². The average molecular weight is 270 g/mol. The Morgan fingerprint density at radius 1 is 1.05 bits per heavy atom. The van der Waals surface area contributed by atoms with Crippen molar-refractivity contribution in [3.8, 4) is 5.88 Å². The standard InChI is InChI=1S/C17H22N2O/c1-2-18-13-16-10-11-17(19-14-16)20-12-6-9-15-7-4-3-5-8-15/h3-5,7-8,10-11,14,18H,2,6,9,12-13H2,1H3. The molecule has 1 N–H and O–H groups in total. The van der Waals surface area contributed by atoms with Crippen molar-refractivity contribution >= 4 is 0 Å². The summed E-state index contributed by atoms with van der Waals surface area (Å²) in [4.78, 5) is 4.31. The second-order valence-corrected chi connectivity index (χ2v) is 4.72. The Balaban J connectivity index is 1.69. The van der Waals surface area contributed by atoms with Gasteiger partial charge in [-0.3, -0.25) is 0 Å². The quantitative estimate of drug-likeness (QED) is 0.748. The van der Waals surface area contributed by atoms with E-state index in [1.165, 1.54) is 11.1 Å². The molecule has 0 spiro atoms. The van der Waals surface area contributed by atoms with Crippen molar-refractivity contribution in [1.29, 1.82) is 0 Å². The van der Waals surface area contributed by atoms with Crippen LogP contribution in [0.2, 0.25) is 0 Å². The molecule has 3 nitrogen and oxygen atoms in total. The number of ether oxygens (including phenoxy) is 1. The number of hydrogen-bond acceptors (Lipinski definition) is 3. The summed E-state index contributed by atoms with van der Waals surface area (Å²) in [5.41, 5.74) is 2.54. The third-order valence-corrected chi connectivity index (χ3v) is 3.08. The molecular weight excluding hydrogens is 248 g/mol. The van der Waals surface area contributed by atoms with E-state index in [0.29, 0.717) is 12.5 Å². The Morgan fingerprint density at radius 2 is 1.90 bits per heavy atom. The summed E-state index contributed by atoms with van der Waals surface area (Å²) in [6.45, 7) is 4.63. The van der Waals surface area contributed by atoms with Crippen molar-refractivity contribution in [2.45, 2.75) is 26.3 Å². The highest BCUT2D eigenvalue weighted by molar-refractivity contribution is 5.18. The lowest BCUT2D eigenvalue weighted by molar-refractivity contribution is 0.299. The van der Waals surface area contributed by atoms with Crippen molar-refractivity contribution in [3.05, 3.63) is 59.8 Å². The van der Waals surface area contributed by atoms with Crippen LogP contribution in [0.1, 0.15) is 24.5 Å². The summed E-state index contributed by atoms with van der Waals surface area (Å²) in [7, 11) is 0. The lowest BCUT2D eigenvalue weighted by atomic mass is 10.1. The van der Waals surface area contributed by atoms with Gasteiger partial charge >= 0.3 is 0 Å². The Bertz CT molecular complexity index is 482. The molecule has 0 atom stereocenters. The van der Waals surface area contributed by atoms with Crippen LogP contribution in [-0.2, 0) is 13.0 Å². The van der Waals surface area contributed by atoms with Gasteiger partial charge in [-0.15, -0.1) is 0 Å². The molecule has 0 amide bonds. The van der Waals surface area contributed by atoms with E-state index in [2.05, 4.69) is 47.6 Å².